The maximum atomic E-state index is 12.5. The van der Waals surface area contributed by atoms with Crippen molar-refractivity contribution in [2.24, 2.45) is 0 Å². The average Bonchev–Trinajstić information content (AvgIpc) is 2.95. The van der Waals surface area contributed by atoms with Gasteiger partial charge in [-0.05, 0) is 30.5 Å². The molecule has 1 saturated heterocycles. The van der Waals surface area contributed by atoms with Gasteiger partial charge < -0.3 is 19.7 Å². The molecule has 0 radical (unpaired) electrons. The molecule has 0 saturated carbocycles. The number of hydrogen-bond donors (Lipinski definition) is 1. The number of nitrogens with zero attached hydrogens (tertiary/aromatic N) is 1. The number of carbonyl (C=O) groups excluding carboxylic acids is 1. The summed E-state index contributed by atoms with van der Waals surface area (Å²) in [6.07, 6.45) is 1.18. The van der Waals surface area contributed by atoms with Gasteiger partial charge in [-0.1, -0.05) is 12.1 Å². The quantitative estimate of drug-likeness (QED) is 0.740. The molecule has 25 heavy (non-hydrogen) atoms. The molecule has 140 valence electrons. The second-order valence-electron chi connectivity index (χ2n) is 6.07. The van der Waals surface area contributed by atoms with Crippen molar-refractivity contribution in [3.05, 3.63) is 29.8 Å². The van der Waals surface area contributed by atoms with E-state index in [-0.39, 0.29) is 23.6 Å². The molecule has 0 spiro atoms. The lowest BCUT2D eigenvalue weighted by atomic mass is 10.1. The van der Waals surface area contributed by atoms with E-state index in [4.69, 9.17) is 9.47 Å². The van der Waals surface area contributed by atoms with Crippen LogP contribution in [0.1, 0.15) is 12.0 Å². The molecule has 1 heterocycles. The van der Waals surface area contributed by atoms with Gasteiger partial charge in [-0.2, -0.15) is 0 Å². The summed E-state index contributed by atoms with van der Waals surface area (Å²) < 4.78 is 33.6. The summed E-state index contributed by atoms with van der Waals surface area (Å²) in [5.41, 5.74) is 1.09. The lowest BCUT2D eigenvalue weighted by Gasteiger charge is -2.28. The number of amides is 2. The lowest BCUT2D eigenvalue weighted by molar-refractivity contribution is 0.134. The van der Waals surface area contributed by atoms with Crippen molar-refractivity contribution in [3.8, 4) is 5.75 Å². The first kappa shape index (κ1) is 19.5. The Bertz CT molecular complexity index is 660. The highest BCUT2D eigenvalue weighted by molar-refractivity contribution is 7.91. The second kappa shape index (κ2) is 9.05. The minimum absolute atomic E-state index is 0.0304. The number of methoxy groups -OCH3 is 2. The summed E-state index contributed by atoms with van der Waals surface area (Å²) in [5.74, 6) is 0.962. The maximum Gasteiger partial charge on any atom is 0.317 e. The zero-order valence-electron chi connectivity index (χ0n) is 14.7. The van der Waals surface area contributed by atoms with Gasteiger partial charge in [0, 0.05) is 26.2 Å². The molecule has 0 aromatic heterocycles. The normalized spacial score (nSPS) is 18.7. The molecule has 0 bridgehead atoms. The second-order valence-corrected chi connectivity index (χ2v) is 8.30. The van der Waals surface area contributed by atoms with Crippen molar-refractivity contribution in [1.82, 2.24) is 10.2 Å². The third-order valence-electron chi connectivity index (χ3n) is 4.30. The third kappa shape index (κ3) is 5.89. The van der Waals surface area contributed by atoms with Gasteiger partial charge in [-0.25, -0.2) is 13.2 Å². The Kier molecular flexibility index (Phi) is 7.07. The van der Waals surface area contributed by atoms with E-state index in [9.17, 15) is 13.2 Å². The summed E-state index contributed by atoms with van der Waals surface area (Å²) in [5, 5.41) is 2.88. The topological polar surface area (TPSA) is 84.9 Å². The van der Waals surface area contributed by atoms with Crippen LogP contribution in [0.3, 0.4) is 0 Å². The lowest BCUT2D eigenvalue weighted by Crippen LogP contribution is -2.48. The predicted octanol–water partition coefficient (Wildman–Crippen LogP) is 1.08. The van der Waals surface area contributed by atoms with Crippen LogP contribution >= 0.6 is 0 Å². The molecule has 1 aliphatic heterocycles. The predicted molar refractivity (Wildman–Crippen MR) is 95.7 cm³/mol. The van der Waals surface area contributed by atoms with Crippen LogP contribution in [0.4, 0.5) is 4.79 Å². The zero-order valence-corrected chi connectivity index (χ0v) is 15.5. The molecule has 1 fully saturated rings. The summed E-state index contributed by atoms with van der Waals surface area (Å²) in [6, 6.07) is 7.15. The van der Waals surface area contributed by atoms with E-state index in [0.717, 1.165) is 11.3 Å². The van der Waals surface area contributed by atoms with Crippen molar-refractivity contribution in [2.45, 2.75) is 18.9 Å². The van der Waals surface area contributed by atoms with E-state index < -0.39 is 9.84 Å². The fourth-order valence-electron chi connectivity index (χ4n) is 2.87. The Hall–Kier alpha value is -1.80. The molecule has 0 aliphatic carbocycles. The van der Waals surface area contributed by atoms with Crippen molar-refractivity contribution >= 4 is 15.9 Å². The van der Waals surface area contributed by atoms with Gasteiger partial charge in [0.05, 0.1) is 25.2 Å². The summed E-state index contributed by atoms with van der Waals surface area (Å²) >= 11 is 0. The Morgan fingerprint density at radius 3 is 2.56 bits per heavy atom. The van der Waals surface area contributed by atoms with Gasteiger partial charge >= 0.3 is 6.03 Å². The summed E-state index contributed by atoms with van der Waals surface area (Å²) in [7, 11) is 0.135. The van der Waals surface area contributed by atoms with Gasteiger partial charge in [-0.3, -0.25) is 0 Å². The van der Waals surface area contributed by atoms with E-state index >= 15 is 0 Å². The molecule has 1 aromatic rings. The first-order valence-electron chi connectivity index (χ1n) is 8.32. The summed E-state index contributed by atoms with van der Waals surface area (Å²) in [6.45, 7) is 1.24. The highest BCUT2D eigenvalue weighted by atomic mass is 32.2. The molecule has 1 N–H and O–H groups in total. The highest BCUT2D eigenvalue weighted by Gasteiger charge is 2.34. The molecule has 1 aromatic carbocycles. The van der Waals surface area contributed by atoms with Crippen LogP contribution in [0.2, 0.25) is 0 Å². The van der Waals surface area contributed by atoms with Crippen LogP contribution in [-0.4, -0.2) is 70.8 Å². The SMILES string of the molecule is COCCN(C(=O)NCCc1ccc(OC)cc1)C1CCS(=O)(=O)C1. The number of sulfone groups is 1. The van der Waals surface area contributed by atoms with Crippen LogP contribution in [-0.2, 0) is 21.0 Å². The summed E-state index contributed by atoms with van der Waals surface area (Å²) in [4.78, 5) is 14.1. The largest absolute Gasteiger partial charge is 0.497 e. The smallest absolute Gasteiger partial charge is 0.317 e. The Morgan fingerprint density at radius 1 is 1.28 bits per heavy atom. The van der Waals surface area contributed by atoms with Crippen molar-refractivity contribution in [3.63, 3.8) is 0 Å². The molecule has 2 amide bonds. The van der Waals surface area contributed by atoms with Crippen molar-refractivity contribution in [1.29, 1.82) is 0 Å². The molecule has 1 atom stereocenters. The average molecular weight is 370 g/mol. The minimum atomic E-state index is -3.04. The fourth-order valence-corrected chi connectivity index (χ4v) is 4.60. The van der Waals surface area contributed by atoms with Gasteiger partial charge in [-0.15, -0.1) is 0 Å². The number of hydrogen-bond acceptors (Lipinski definition) is 5. The Labute approximate surface area is 149 Å². The molecule has 1 aliphatic rings. The third-order valence-corrected chi connectivity index (χ3v) is 6.05. The van der Waals surface area contributed by atoms with Crippen LogP contribution in [0.15, 0.2) is 24.3 Å². The van der Waals surface area contributed by atoms with Crippen molar-refractivity contribution < 1.29 is 22.7 Å². The van der Waals surface area contributed by atoms with Crippen molar-refractivity contribution in [2.75, 3.05) is 45.4 Å². The molecule has 7 nitrogen and oxygen atoms in total. The fraction of sp³-hybridized carbons (Fsp3) is 0.588. The van der Waals surface area contributed by atoms with Gasteiger partial charge in [0.25, 0.3) is 0 Å². The Balaban J connectivity index is 1.87. The van der Waals surface area contributed by atoms with E-state index in [1.54, 1.807) is 19.1 Å². The van der Waals surface area contributed by atoms with Crippen LogP contribution in [0, 0.1) is 0 Å². The molecule has 8 heteroatoms. The van der Waals surface area contributed by atoms with E-state index in [0.29, 0.717) is 32.5 Å². The molecular formula is C17H26N2O5S. The number of carbonyl (C=O) groups is 1. The first-order valence-corrected chi connectivity index (χ1v) is 10.1. The highest BCUT2D eigenvalue weighted by Crippen LogP contribution is 2.18. The van der Waals surface area contributed by atoms with Gasteiger partial charge in [0.1, 0.15) is 5.75 Å². The van der Waals surface area contributed by atoms with E-state index in [1.165, 1.54) is 0 Å². The monoisotopic (exact) mass is 370 g/mol. The van der Waals surface area contributed by atoms with Crippen LogP contribution in [0.5, 0.6) is 5.75 Å². The molecular weight excluding hydrogens is 344 g/mol. The Morgan fingerprint density at radius 2 is 2.00 bits per heavy atom. The van der Waals surface area contributed by atoms with Gasteiger partial charge in [0.15, 0.2) is 9.84 Å². The number of urea groups is 1. The van der Waals surface area contributed by atoms with Gasteiger partial charge in [0.2, 0.25) is 0 Å². The number of benzene rings is 1. The van der Waals surface area contributed by atoms with E-state index in [2.05, 4.69) is 5.32 Å². The maximum absolute atomic E-state index is 12.5. The number of nitrogens with one attached hydrogen (secondary N) is 1. The number of ether oxygens (including phenoxy) is 2. The first-order chi connectivity index (χ1) is 11.9. The van der Waals surface area contributed by atoms with Crippen LogP contribution in [0.25, 0.3) is 0 Å². The standard InChI is InChI=1S/C17H26N2O5S/c1-23-11-10-19(15-8-12-25(21,22)13-15)17(20)18-9-7-14-3-5-16(24-2)6-4-14/h3-6,15H,7-13H2,1-2H3,(H,18,20). The van der Waals surface area contributed by atoms with Crippen LogP contribution < -0.4 is 10.1 Å². The molecule has 1 unspecified atom stereocenters. The minimum Gasteiger partial charge on any atom is -0.497 e. The molecule has 2 rings (SSSR count). The zero-order chi connectivity index (χ0) is 18.3. The van der Waals surface area contributed by atoms with E-state index in [1.807, 2.05) is 24.3 Å². The number of rotatable bonds is 8.